The van der Waals surface area contributed by atoms with Crippen molar-refractivity contribution in [2.75, 3.05) is 0 Å². The Balaban J connectivity index is 2.22. The molecule has 0 aliphatic carbocycles. The number of benzene rings is 2. The zero-order chi connectivity index (χ0) is 14.0. The van der Waals surface area contributed by atoms with E-state index in [1.807, 2.05) is 6.92 Å². The van der Waals surface area contributed by atoms with E-state index in [1.54, 1.807) is 6.07 Å². The molecular formula is C17H18ClF. The van der Waals surface area contributed by atoms with Gasteiger partial charge in [0.2, 0.25) is 0 Å². The van der Waals surface area contributed by atoms with E-state index in [4.69, 9.17) is 11.6 Å². The summed E-state index contributed by atoms with van der Waals surface area (Å²) < 4.78 is 13.3. The summed E-state index contributed by atoms with van der Waals surface area (Å²) in [6.07, 6.45) is 0.715. The minimum Gasteiger partial charge on any atom is -0.207 e. The summed E-state index contributed by atoms with van der Waals surface area (Å²) >= 11 is 6.44. The fraction of sp³-hybridized carbons (Fsp3) is 0.294. The van der Waals surface area contributed by atoms with Gasteiger partial charge in [0.25, 0.3) is 0 Å². The van der Waals surface area contributed by atoms with Crippen molar-refractivity contribution in [1.29, 1.82) is 0 Å². The Kier molecular flexibility index (Phi) is 4.26. The van der Waals surface area contributed by atoms with Gasteiger partial charge in [0.15, 0.2) is 0 Å². The van der Waals surface area contributed by atoms with E-state index in [2.05, 4.69) is 32.0 Å². The predicted octanol–water partition coefficient (Wildman–Crippen LogP) is 5.27. The number of alkyl halides is 1. The van der Waals surface area contributed by atoms with Crippen LogP contribution >= 0.6 is 11.6 Å². The van der Waals surface area contributed by atoms with Gasteiger partial charge in [-0.05, 0) is 67.1 Å². The summed E-state index contributed by atoms with van der Waals surface area (Å²) in [6.45, 7) is 6.15. The summed E-state index contributed by atoms with van der Waals surface area (Å²) in [5, 5.41) is -0.196. The molecule has 0 nitrogen and oxygen atoms in total. The molecule has 0 amide bonds. The molecule has 0 aliphatic heterocycles. The van der Waals surface area contributed by atoms with Gasteiger partial charge >= 0.3 is 0 Å². The maximum atomic E-state index is 13.3. The third-order valence-electron chi connectivity index (χ3n) is 3.56. The molecule has 0 aromatic heterocycles. The Morgan fingerprint density at radius 3 is 2.32 bits per heavy atom. The molecule has 0 spiro atoms. The molecule has 2 aromatic carbocycles. The number of halogens is 2. The molecule has 1 unspecified atom stereocenters. The highest BCUT2D eigenvalue weighted by molar-refractivity contribution is 6.21. The lowest BCUT2D eigenvalue weighted by molar-refractivity contribution is 0.624. The molecule has 1 atom stereocenters. The van der Waals surface area contributed by atoms with Gasteiger partial charge in [-0.3, -0.25) is 0 Å². The molecule has 0 saturated carbocycles. The number of aryl methyl sites for hydroxylation is 3. The first-order valence-electron chi connectivity index (χ1n) is 6.43. The second-order valence-electron chi connectivity index (χ2n) is 5.09. The molecule has 19 heavy (non-hydrogen) atoms. The van der Waals surface area contributed by atoms with Crippen LogP contribution in [0.15, 0.2) is 36.4 Å². The van der Waals surface area contributed by atoms with Gasteiger partial charge in [-0.15, -0.1) is 11.6 Å². The zero-order valence-corrected chi connectivity index (χ0v) is 12.3. The van der Waals surface area contributed by atoms with E-state index in [0.29, 0.717) is 6.42 Å². The normalized spacial score (nSPS) is 12.5. The van der Waals surface area contributed by atoms with Gasteiger partial charge in [0, 0.05) is 0 Å². The Bertz CT molecular complexity index is 590. The lowest BCUT2D eigenvalue weighted by Gasteiger charge is -2.14. The Hall–Kier alpha value is -1.34. The van der Waals surface area contributed by atoms with Gasteiger partial charge in [-0.2, -0.15) is 0 Å². The first kappa shape index (κ1) is 14.1. The van der Waals surface area contributed by atoms with Crippen LogP contribution in [-0.4, -0.2) is 0 Å². The summed E-state index contributed by atoms with van der Waals surface area (Å²) in [6, 6.07) is 11.1. The average Bonchev–Trinajstić information content (AvgIpc) is 2.36. The largest absolute Gasteiger partial charge is 0.207 e. The van der Waals surface area contributed by atoms with Crippen LogP contribution in [0.5, 0.6) is 0 Å². The van der Waals surface area contributed by atoms with Crippen LogP contribution < -0.4 is 0 Å². The summed E-state index contributed by atoms with van der Waals surface area (Å²) in [4.78, 5) is 0. The van der Waals surface area contributed by atoms with Crippen molar-refractivity contribution in [3.63, 3.8) is 0 Å². The van der Waals surface area contributed by atoms with Crippen LogP contribution in [-0.2, 0) is 6.42 Å². The molecule has 100 valence electrons. The van der Waals surface area contributed by atoms with Gasteiger partial charge in [0.1, 0.15) is 5.82 Å². The van der Waals surface area contributed by atoms with E-state index >= 15 is 0 Å². The minimum atomic E-state index is -0.230. The van der Waals surface area contributed by atoms with E-state index in [1.165, 1.54) is 28.8 Å². The number of hydrogen-bond acceptors (Lipinski definition) is 0. The molecule has 0 heterocycles. The smallest absolute Gasteiger partial charge is 0.123 e. The fourth-order valence-electron chi connectivity index (χ4n) is 2.20. The van der Waals surface area contributed by atoms with Crippen molar-refractivity contribution in [3.8, 4) is 0 Å². The van der Waals surface area contributed by atoms with Crippen LogP contribution in [0.25, 0.3) is 0 Å². The maximum absolute atomic E-state index is 13.3. The highest BCUT2D eigenvalue weighted by atomic mass is 35.5. The Labute approximate surface area is 119 Å². The SMILES string of the molecule is Cc1ccc(CC(Cl)c2cc(F)ccc2C)cc1C. The quantitative estimate of drug-likeness (QED) is 0.670. The zero-order valence-electron chi connectivity index (χ0n) is 11.5. The topological polar surface area (TPSA) is 0 Å². The van der Waals surface area contributed by atoms with E-state index in [0.717, 1.165) is 11.1 Å². The number of hydrogen-bond donors (Lipinski definition) is 0. The van der Waals surface area contributed by atoms with Gasteiger partial charge in [0.05, 0.1) is 5.38 Å². The van der Waals surface area contributed by atoms with Crippen LogP contribution in [0.3, 0.4) is 0 Å². The predicted molar refractivity (Wildman–Crippen MR) is 79.4 cm³/mol. The van der Waals surface area contributed by atoms with Crippen molar-refractivity contribution in [2.45, 2.75) is 32.6 Å². The molecule has 0 aliphatic rings. The van der Waals surface area contributed by atoms with Crippen LogP contribution in [0.4, 0.5) is 4.39 Å². The first-order chi connectivity index (χ1) is 8.97. The monoisotopic (exact) mass is 276 g/mol. The van der Waals surface area contributed by atoms with Crippen molar-refractivity contribution in [1.82, 2.24) is 0 Å². The number of rotatable bonds is 3. The van der Waals surface area contributed by atoms with Crippen LogP contribution in [0, 0.1) is 26.6 Å². The van der Waals surface area contributed by atoms with Gasteiger partial charge < -0.3 is 0 Å². The van der Waals surface area contributed by atoms with Gasteiger partial charge in [-0.1, -0.05) is 24.3 Å². The highest BCUT2D eigenvalue weighted by Gasteiger charge is 2.13. The summed E-state index contributed by atoms with van der Waals surface area (Å²) in [5.74, 6) is -0.230. The van der Waals surface area contributed by atoms with Crippen molar-refractivity contribution in [3.05, 3.63) is 70.0 Å². The second kappa shape index (κ2) is 5.75. The molecular weight excluding hydrogens is 259 g/mol. The Morgan fingerprint density at radius 1 is 0.947 bits per heavy atom. The average molecular weight is 277 g/mol. The molecule has 2 rings (SSSR count). The van der Waals surface area contributed by atoms with Crippen molar-refractivity contribution in [2.24, 2.45) is 0 Å². The van der Waals surface area contributed by atoms with Crippen LogP contribution in [0.2, 0.25) is 0 Å². The second-order valence-corrected chi connectivity index (χ2v) is 5.62. The molecule has 0 N–H and O–H groups in total. The van der Waals surface area contributed by atoms with E-state index < -0.39 is 0 Å². The molecule has 0 fully saturated rings. The fourth-order valence-corrected chi connectivity index (χ4v) is 2.61. The van der Waals surface area contributed by atoms with Gasteiger partial charge in [-0.25, -0.2) is 4.39 Å². The summed E-state index contributed by atoms with van der Waals surface area (Å²) in [7, 11) is 0. The highest BCUT2D eigenvalue weighted by Crippen LogP contribution is 2.28. The Morgan fingerprint density at radius 2 is 1.63 bits per heavy atom. The van der Waals surface area contributed by atoms with Crippen molar-refractivity contribution < 1.29 is 4.39 Å². The van der Waals surface area contributed by atoms with Crippen LogP contribution in [0.1, 0.15) is 33.2 Å². The standard InChI is InChI=1S/C17H18ClF/c1-11-4-6-14(8-13(11)3)9-17(18)16-10-15(19)7-5-12(16)2/h4-8,10,17H,9H2,1-3H3. The summed E-state index contributed by atoms with van der Waals surface area (Å²) in [5.41, 5.74) is 5.63. The minimum absolute atomic E-state index is 0.196. The van der Waals surface area contributed by atoms with E-state index in [9.17, 15) is 4.39 Å². The lowest BCUT2D eigenvalue weighted by atomic mass is 9.98. The van der Waals surface area contributed by atoms with Crippen molar-refractivity contribution >= 4 is 11.6 Å². The molecule has 2 heteroatoms. The first-order valence-corrected chi connectivity index (χ1v) is 6.87. The molecule has 0 bridgehead atoms. The third-order valence-corrected chi connectivity index (χ3v) is 3.95. The third kappa shape index (κ3) is 3.36. The maximum Gasteiger partial charge on any atom is 0.123 e. The van der Waals surface area contributed by atoms with E-state index in [-0.39, 0.29) is 11.2 Å². The molecule has 2 aromatic rings. The molecule has 0 radical (unpaired) electrons. The molecule has 0 saturated heterocycles. The lowest BCUT2D eigenvalue weighted by Crippen LogP contribution is -2.00.